The monoisotopic (exact) mass is 362 g/mol. The fraction of sp³-hybridized carbons (Fsp3) is 0.722. The number of aromatic nitrogens is 1. The van der Waals surface area contributed by atoms with Crippen LogP contribution in [0, 0.1) is 24.2 Å². The van der Waals surface area contributed by atoms with Crippen LogP contribution in [-0.4, -0.2) is 47.9 Å². The Morgan fingerprint density at radius 2 is 2.24 bits per heavy atom. The highest BCUT2D eigenvalue weighted by atomic mass is 32.1. The summed E-state index contributed by atoms with van der Waals surface area (Å²) in [7, 11) is 0. The summed E-state index contributed by atoms with van der Waals surface area (Å²) in [6, 6.07) is 0. The number of carbonyl (C=O) groups excluding carboxylic acids is 2. The molecule has 2 N–H and O–H groups in total. The molecular weight excluding hydrogens is 336 g/mol. The van der Waals surface area contributed by atoms with Crippen molar-refractivity contribution in [2.75, 3.05) is 26.2 Å². The summed E-state index contributed by atoms with van der Waals surface area (Å²) in [6.45, 7) is 7.40. The molecule has 1 saturated carbocycles. The van der Waals surface area contributed by atoms with E-state index in [1.54, 1.807) is 11.3 Å². The Balaban J connectivity index is 1.45. The molecule has 25 heavy (non-hydrogen) atoms. The zero-order valence-corrected chi connectivity index (χ0v) is 15.7. The molecule has 1 aromatic rings. The van der Waals surface area contributed by atoms with Crippen molar-refractivity contribution in [3.05, 3.63) is 15.6 Å². The van der Waals surface area contributed by atoms with Gasteiger partial charge < -0.3 is 15.5 Å². The summed E-state index contributed by atoms with van der Waals surface area (Å²) in [6.07, 6.45) is 2.92. The number of carbonyl (C=O) groups is 2. The van der Waals surface area contributed by atoms with Crippen LogP contribution in [0.2, 0.25) is 0 Å². The molecule has 0 bridgehead atoms. The third kappa shape index (κ3) is 2.97. The van der Waals surface area contributed by atoms with E-state index in [1.165, 1.54) is 0 Å². The van der Waals surface area contributed by atoms with Crippen molar-refractivity contribution in [2.24, 2.45) is 17.3 Å². The summed E-state index contributed by atoms with van der Waals surface area (Å²) < 4.78 is 0. The number of aryl methyl sites for hydroxylation is 2. The number of amides is 2. The number of nitrogens with zero attached hydrogens (tertiary/aromatic N) is 2. The van der Waals surface area contributed by atoms with E-state index in [1.807, 2.05) is 11.8 Å². The second-order valence-electron chi connectivity index (χ2n) is 7.62. The average Bonchev–Trinajstić information content (AvgIpc) is 3.11. The van der Waals surface area contributed by atoms with Gasteiger partial charge in [-0.2, -0.15) is 0 Å². The van der Waals surface area contributed by atoms with Gasteiger partial charge in [0.2, 0.25) is 11.8 Å². The first-order valence-corrected chi connectivity index (χ1v) is 10.1. The minimum Gasteiger partial charge on any atom is -0.351 e. The number of fused-ring (bicyclic) bond motifs is 1. The van der Waals surface area contributed by atoms with Gasteiger partial charge in [-0.05, 0) is 26.2 Å². The lowest BCUT2D eigenvalue weighted by atomic mass is 9.80. The van der Waals surface area contributed by atoms with Gasteiger partial charge in [0, 0.05) is 42.9 Å². The van der Waals surface area contributed by atoms with Crippen LogP contribution in [0.4, 0.5) is 0 Å². The Kier molecular flexibility index (Phi) is 4.32. The minimum atomic E-state index is -0.462. The van der Waals surface area contributed by atoms with Gasteiger partial charge in [0.05, 0.1) is 22.7 Å². The number of hydrogen-bond acceptors (Lipinski definition) is 5. The van der Waals surface area contributed by atoms with Crippen LogP contribution >= 0.6 is 11.3 Å². The quantitative estimate of drug-likeness (QED) is 0.822. The molecule has 2 aliphatic heterocycles. The normalized spacial score (nSPS) is 28.2. The third-order valence-corrected chi connectivity index (χ3v) is 6.86. The zero-order valence-electron chi connectivity index (χ0n) is 14.9. The predicted molar refractivity (Wildman–Crippen MR) is 96.2 cm³/mol. The Hall–Kier alpha value is -1.47. The maximum atomic E-state index is 13.1. The first-order valence-electron chi connectivity index (χ1n) is 9.26. The molecule has 0 radical (unpaired) electrons. The van der Waals surface area contributed by atoms with Crippen molar-refractivity contribution >= 4 is 23.2 Å². The molecule has 1 aliphatic carbocycles. The van der Waals surface area contributed by atoms with E-state index in [9.17, 15) is 9.59 Å². The SMILES string of the molecule is CCc1nc(C)sc1CNC(=O)[C@@]12CNC[C@@H]1CN(C(=O)C1CC1)C2. The number of rotatable bonds is 5. The van der Waals surface area contributed by atoms with Crippen molar-refractivity contribution in [3.63, 3.8) is 0 Å². The summed E-state index contributed by atoms with van der Waals surface area (Å²) in [5, 5.41) is 7.56. The first-order chi connectivity index (χ1) is 12.0. The lowest BCUT2D eigenvalue weighted by molar-refractivity contribution is -0.134. The maximum Gasteiger partial charge on any atom is 0.230 e. The van der Waals surface area contributed by atoms with Crippen molar-refractivity contribution in [2.45, 2.75) is 39.7 Å². The van der Waals surface area contributed by atoms with Crippen LogP contribution in [-0.2, 0) is 22.6 Å². The van der Waals surface area contributed by atoms with Crippen molar-refractivity contribution in [1.82, 2.24) is 20.5 Å². The number of hydrogen-bond donors (Lipinski definition) is 2. The van der Waals surface area contributed by atoms with Gasteiger partial charge in [-0.15, -0.1) is 11.3 Å². The van der Waals surface area contributed by atoms with Crippen LogP contribution in [0.3, 0.4) is 0 Å². The molecule has 3 aliphatic rings. The summed E-state index contributed by atoms with van der Waals surface area (Å²) >= 11 is 1.66. The molecule has 0 aromatic carbocycles. The van der Waals surface area contributed by atoms with Gasteiger partial charge in [-0.1, -0.05) is 6.92 Å². The number of likely N-dealkylation sites (tertiary alicyclic amines) is 1. The summed E-state index contributed by atoms with van der Waals surface area (Å²) in [5.41, 5.74) is 0.620. The average molecular weight is 362 g/mol. The van der Waals surface area contributed by atoms with Crippen LogP contribution in [0.5, 0.6) is 0 Å². The van der Waals surface area contributed by atoms with E-state index in [0.717, 1.165) is 47.9 Å². The molecule has 0 spiro atoms. The fourth-order valence-corrected chi connectivity index (χ4v) is 5.23. The molecule has 4 rings (SSSR count). The molecule has 3 heterocycles. The highest BCUT2D eigenvalue weighted by Gasteiger charge is 2.56. The smallest absolute Gasteiger partial charge is 0.230 e. The lowest BCUT2D eigenvalue weighted by Gasteiger charge is -2.26. The van der Waals surface area contributed by atoms with Crippen molar-refractivity contribution in [3.8, 4) is 0 Å². The Bertz CT molecular complexity index is 699. The van der Waals surface area contributed by atoms with E-state index >= 15 is 0 Å². The first kappa shape index (κ1) is 17.0. The molecule has 2 saturated heterocycles. The maximum absolute atomic E-state index is 13.1. The van der Waals surface area contributed by atoms with E-state index < -0.39 is 5.41 Å². The second kappa shape index (κ2) is 6.36. The standard InChI is InChI=1S/C18H26N4O2S/c1-3-14-15(25-11(2)21-14)7-20-17(24)18-9-19-6-13(18)8-22(10-18)16(23)12-4-5-12/h12-13,19H,3-10H2,1-2H3,(H,20,24)/t13-,18-/m1/s1. The van der Waals surface area contributed by atoms with Crippen molar-refractivity contribution in [1.29, 1.82) is 0 Å². The molecule has 7 heteroatoms. The molecule has 2 amide bonds. The topological polar surface area (TPSA) is 74.3 Å². The summed E-state index contributed by atoms with van der Waals surface area (Å²) in [4.78, 5) is 33.1. The van der Waals surface area contributed by atoms with Crippen LogP contribution < -0.4 is 10.6 Å². The molecule has 2 atom stereocenters. The van der Waals surface area contributed by atoms with E-state index in [4.69, 9.17) is 0 Å². The molecule has 1 aromatic heterocycles. The highest BCUT2D eigenvalue weighted by molar-refractivity contribution is 7.11. The molecule has 3 fully saturated rings. The van der Waals surface area contributed by atoms with Crippen molar-refractivity contribution < 1.29 is 9.59 Å². The van der Waals surface area contributed by atoms with Gasteiger partial charge in [-0.3, -0.25) is 9.59 Å². The zero-order chi connectivity index (χ0) is 17.6. The lowest BCUT2D eigenvalue weighted by Crippen LogP contribution is -2.47. The van der Waals surface area contributed by atoms with Gasteiger partial charge >= 0.3 is 0 Å². The van der Waals surface area contributed by atoms with Gasteiger partial charge in [0.25, 0.3) is 0 Å². The second-order valence-corrected chi connectivity index (χ2v) is 8.90. The van der Waals surface area contributed by atoms with E-state index in [2.05, 4.69) is 22.5 Å². The minimum absolute atomic E-state index is 0.0849. The van der Waals surface area contributed by atoms with Crippen LogP contribution in [0.25, 0.3) is 0 Å². The predicted octanol–water partition coefficient (Wildman–Crippen LogP) is 1.09. The molecule has 0 unspecified atom stereocenters. The Morgan fingerprint density at radius 1 is 1.44 bits per heavy atom. The summed E-state index contributed by atoms with van der Waals surface area (Å²) in [5.74, 6) is 0.790. The number of nitrogens with one attached hydrogen (secondary N) is 2. The fourth-order valence-electron chi connectivity index (χ4n) is 4.26. The van der Waals surface area contributed by atoms with Crippen LogP contribution in [0.15, 0.2) is 0 Å². The van der Waals surface area contributed by atoms with Gasteiger partial charge in [0.1, 0.15) is 0 Å². The van der Waals surface area contributed by atoms with Crippen LogP contribution in [0.1, 0.15) is 35.3 Å². The molecule has 136 valence electrons. The third-order valence-electron chi connectivity index (χ3n) is 5.85. The highest BCUT2D eigenvalue weighted by Crippen LogP contribution is 2.42. The van der Waals surface area contributed by atoms with E-state index in [-0.39, 0.29) is 23.7 Å². The van der Waals surface area contributed by atoms with Gasteiger partial charge in [0.15, 0.2) is 0 Å². The largest absolute Gasteiger partial charge is 0.351 e. The molecule has 6 nitrogen and oxygen atoms in total. The molecular formula is C18H26N4O2S. The number of thiazole rings is 1. The van der Waals surface area contributed by atoms with E-state index in [0.29, 0.717) is 19.6 Å². The Morgan fingerprint density at radius 3 is 2.96 bits per heavy atom. The van der Waals surface area contributed by atoms with Gasteiger partial charge in [-0.25, -0.2) is 4.98 Å². The Labute approximate surface area is 152 Å².